The van der Waals surface area contributed by atoms with Gasteiger partial charge in [0.15, 0.2) is 0 Å². The van der Waals surface area contributed by atoms with Crippen molar-refractivity contribution in [2.75, 3.05) is 26.4 Å². The SMILES string of the molecule is CC=CC(=O)OCCCCCCCCCCCCCCOc1ccc(C(C)(C)c2ccc(OCCCCCCCCCCCCCCOC(=O)C=CC)cc2)cc1. The number of benzene rings is 2. The smallest absolute Gasteiger partial charge is 0.330 e. The van der Waals surface area contributed by atoms with Gasteiger partial charge in [0.2, 0.25) is 0 Å². The highest BCUT2D eigenvalue weighted by Gasteiger charge is 2.23. The molecule has 2 rings (SSSR count). The fraction of sp³-hybridized carbons (Fsp3) is 0.647. The van der Waals surface area contributed by atoms with Gasteiger partial charge in [-0.3, -0.25) is 0 Å². The van der Waals surface area contributed by atoms with Gasteiger partial charge in [0, 0.05) is 17.6 Å². The molecule has 2 aromatic carbocycles. The number of carbonyl (C=O) groups excluding carboxylic acids is 2. The molecule has 320 valence electrons. The lowest BCUT2D eigenvalue weighted by Gasteiger charge is -2.26. The third-order valence-electron chi connectivity index (χ3n) is 10.9. The Bertz CT molecular complexity index is 1220. The number of rotatable bonds is 36. The topological polar surface area (TPSA) is 71.1 Å². The molecule has 6 heteroatoms. The zero-order chi connectivity index (χ0) is 41.1. The minimum atomic E-state index is -0.228. The molecule has 0 saturated carbocycles. The third-order valence-corrected chi connectivity index (χ3v) is 10.9. The first kappa shape index (κ1) is 49.6. The summed E-state index contributed by atoms with van der Waals surface area (Å²) in [5.41, 5.74) is 2.46. The largest absolute Gasteiger partial charge is 0.494 e. The average molecular weight is 789 g/mol. The van der Waals surface area contributed by atoms with E-state index in [0.717, 1.165) is 63.2 Å². The monoisotopic (exact) mass is 789 g/mol. The molecule has 0 N–H and O–H groups in total. The third kappa shape index (κ3) is 25.4. The molecule has 0 heterocycles. The molecule has 0 amide bonds. The van der Waals surface area contributed by atoms with Crippen LogP contribution in [0.25, 0.3) is 0 Å². The number of allylic oxidation sites excluding steroid dienone is 2. The first-order valence-corrected chi connectivity index (χ1v) is 22.9. The van der Waals surface area contributed by atoms with Gasteiger partial charge in [0.1, 0.15) is 11.5 Å². The fourth-order valence-corrected chi connectivity index (χ4v) is 7.14. The van der Waals surface area contributed by atoms with Crippen LogP contribution in [0, 0.1) is 0 Å². The van der Waals surface area contributed by atoms with Crippen molar-refractivity contribution in [3.63, 3.8) is 0 Å². The van der Waals surface area contributed by atoms with Crippen molar-refractivity contribution in [3.8, 4) is 11.5 Å². The number of carbonyl (C=O) groups is 2. The normalized spacial score (nSPS) is 11.7. The molecule has 0 spiro atoms. The lowest BCUT2D eigenvalue weighted by molar-refractivity contribution is -0.138. The van der Waals surface area contributed by atoms with Gasteiger partial charge in [-0.25, -0.2) is 9.59 Å². The Hall–Kier alpha value is -3.54. The molecule has 6 nitrogen and oxygen atoms in total. The summed E-state index contributed by atoms with van der Waals surface area (Å²) in [7, 11) is 0. The summed E-state index contributed by atoms with van der Waals surface area (Å²) in [5.74, 6) is 1.45. The lowest BCUT2D eigenvalue weighted by Crippen LogP contribution is -2.18. The van der Waals surface area contributed by atoms with Gasteiger partial charge in [-0.05, 0) is 74.9 Å². The summed E-state index contributed by atoms with van der Waals surface area (Å²) < 4.78 is 22.4. The lowest BCUT2D eigenvalue weighted by atomic mass is 9.78. The molecule has 0 aliphatic rings. The minimum Gasteiger partial charge on any atom is -0.494 e. The van der Waals surface area contributed by atoms with E-state index in [2.05, 4.69) is 62.4 Å². The van der Waals surface area contributed by atoms with Crippen molar-refractivity contribution in [1.82, 2.24) is 0 Å². The van der Waals surface area contributed by atoms with Crippen molar-refractivity contribution in [1.29, 1.82) is 0 Å². The van der Waals surface area contributed by atoms with Crippen LogP contribution in [0.5, 0.6) is 11.5 Å². The van der Waals surface area contributed by atoms with E-state index in [1.54, 1.807) is 12.2 Å². The molecule has 0 bridgehead atoms. The van der Waals surface area contributed by atoms with Crippen LogP contribution in [0.2, 0.25) is 0 Å². The average Bonchev–Trinajstić information content (AvgIpc) is 3.21. The number of unbranched alkanes of at least 4 members (excludes halogenated alkanes) is 22. The van der Waals surface area contributed by atoms with E-state index in [0.29, 0.717) is 13.2 Å². The van der Waals surface area contributed by atoms with Gasteiger partial charge in [0.25, 0.3) is 0 Å². The van der Waals surface area contributed by atoms with E-state index in [4.69, 9.17) is 18.9 Å². The summed E-state index contributed by atoms with van der Waals surface area (Å²) in [6, 6.07) is 17.3. The standard InChI is InChI=1S/C51H80O6/c1-5-31-49(52)56-43-29-25-21-17-13-9-7-11-15-19-23-27-41-54-47-37-33-45(34-38-47)51(3,4)46-35-39-48(40-36-46)55-42-28-24-20-16-12-8-10-14-18-22-26-30-44-57-50(53)32-6-2/h5-6,31-40H,7-30,41-44H2,1-4H3. The summed E-state index contributed by atoms with van der Waals surface area (Å²) in [6.45, 7) is 10.9. The van der Waals surface area contributed by atoms with E-state index < -0.39 is 0 Å². The molecule has 0 saturated heterocycles. The minimum absolute atomic E-state index is 0.106. The number of hydrogen-bond donors (Lipinski definition) is 0. The van der Waals surface area contributed by atoms with Crippen LogP contribution >= 0.6 is 0 Å². The summed E-state index contributed by atoms with van der Waals surface area (Å²) >= 11 is 0. The highest BCUT2D eigenvalue weighted by atomic mass is 16.5. The van der Waals surface area contributed by atoms with E-state index in [1.165, 1.54) is 139 Å². The predicted molar refractivity (Wildman–Crippen MR) is 238 cm³/mol. The molecular weight excluding hydrogens is 709 g/mol. The molecular formula is C51H80O6. The quantitative estimate of drug-likeness (QED) is 0.0389. The predicted octanol–water partition coefficient (Wildman–Crippen LogP) is 14.4. The maximum Gasteiger partial charge on any atom is 0.330 e. The zero-order valence-corrected chi connectivity index (χ0v) is 36.7. The van der Waals surface area contributed by atoms with Gasteiger partial charge in [-0.2, -0.15) is 0 Å². The van der Waals surface area contributed by atoms with E-state index in [-0.39, 0.29) is 17.4 Å². The molecule has 0 atom stereocenters. The van der Waals surface area contributed by atoms with Crippen molar-refractivity contribution in [3.05, 3.63) is 84.0 Å². The van der Waals surface area contributed by atoms with Gasteiger partial charge >= 0.3 is 11.9 Å². The van der Waals surface area contributed by atoms with Crippen LogP contribution in [-0.4, -0.2) is 38.4 Å². The number of hydrogen-bond acceptors (Lipinski definition) is 6. The molecule has 0 aliphatic heterocycles. The van der Waals surface area contributed by atoms with Crippen LogP contribution in [0.4, 0.5) is 0 Å². The van der Waals surface area contributed by atoms with Crippen molar-refractivity contribution in [2.24, 2.45) is 0 Å². The van der Waals surface area contributed by atoms with E-state index >= 15 is 0 Å². The first-order valence-electron chi connectivity index (χ1n) is 22.9. The number of ether oxygens (including phenoxy) is 4. The van der Waals surface area contributed by atoms with Crippen LogP contribution < -0.4 is 9.47 Å². The maximum atomic E-state index is 11.3. The second kappa shape index (κ2) is 33.4. The van der Waals surface area contributed by atoms with E-state index in [1.807, 2.05) is 13.8 Å². The Balaban J connectivity index is 1.44. The van der Waals surface area contributed by atoms with Gasteiger partial charge in [-0.15, -0.1) is 0 Å². The Morgan fingerprint density at radius 3 is 0.912 bits per heavy atom. The molecule has 57 heavy (non-hydrogen) atoms. The second-order valence-electron chi connectivity index (χ2n) is 16.2. The fourth-order valence-electron chi connectivity index (χ4n) is 7.14. The van der Waals surface area contributed by atoms with Crippen molar-refractivity contribution >= 4 is 11.9 Å². The molecule has 2 aromatic rings. The van der Waals surface area contributed by atoms with Gasteiger partial charge < -0.3 is 18.9 Å². The molecule has 0 aliphatic carbocycles. The summed E-state index contributed by atoms with van der Waals surface area (Å²) in [6.07, 6.45) is 36.2. The van der Waals surface area contributed by atoms with Crippen LogP contribution in [-0.2, 0) is 24.5 Å². The Labute approximate surface area is 348 Å². The van der Waals surface area contributed by atoms with Gasteiger partial charge in [0.05, 0.1) is 26.4 Å². The van der Waals surface area contributed by atoms with Crippen LogP contribution in [0.3, 0.4) is 0 Å². The highest BCUT2D eigenvalue weighted by molar-refractivity contribution is 5.82. The Kier molecular flexibility index (Phi) is 29.1. The molecule has 0 aromatic heterocycles. The molecule has 0 unspecified atom stereocenters. The molecule has 0 fully saturated rings. The van der Waals surface area contributed by atoms with Gasteiger partial charge in [-0.1, -0.05) is 179 Å². The summed E-state index contributed by atoms with van der Waals surface area (Å²) in [4.78, 5) is 22.6. The zero-order valence-electron chi connectivity index (χ0n) is 36.7. The second-order valence-corrected chi connectivity index (χ2v) is 16.2. The summed E-state index contributed by atoms with van der Waals surface area (Å²) in [5, 5.41) is 0. The van der Waals surface area contributed by atoms with E-state index in [9.17, 15) is 9.59 Å². The Morgan fingerprint density at radius 2 is 0.649 bits per heavy atom. The van der Waals surface area contributed by atoms with Crippen LogP contribution in [0.1, 0.15) is 193 Å². The van der Waals surface area contributed by atoms with Crippen molar-refractivity contribution < 1.29 is 28.5 Å². The number of esters is 2. The first-order chi connectivity index (χ1) is 27.9. The van der Waals surface area contributed by atoms with Crippen LogP contribution in [0.15, 0.2) is 72.8 Å². The highest BCUT2D eigenvalue weighted by Crippen LogP contribution is 2.33. The Morgan fingerprint density at radius 1 is 0.404 bits per heavy atom. The molecule has 0 radical (unpaired) electrons. The van der Waals surface area contributed by atoms with Crippen molar-refractivity contribution in [2.45, 2.75) is 187 Å². The maximum absolute atomic E-state index is 11.3.